The van der Waals surface area contributed by atoms with Crippen LogP contribution in [0.25, 0.3) is 17.4 Å². The first-order chi connectivity index (χ1) is 13.1. The zero-order chi connectivity index (χ0) is 18.8. The number of amides is 2. The lowest BCUT2D eigenvalue weighted by atomic mass is 10.1. The molecule has 27 heavy (non-hydrogen) atoms. The summed E-state index contributed by atoms with van der Waals surface area (Å²) >= 11 is 0.869. The predicted molar refractivity (Wildman–Crippen MR) is 99.1 cm³/mol. The monoisotopic (exact) mass is 376 g/mol. The van der Waals surface area contributed by atoms with Gasteiger partial charge in [0.05, 0.1) is 29.3 Å². The molecular weight excluding hydrogens is 364 g/mol. The molecule has 0 radical (unpaired) electrons. The lowest BCUT2D eigenvalue weighted by Crippen LogP contribution is -2.27. The van der Waals surface area contributed by atoms with E-state index in [1.165, 1.54) is 6.26 Å². The molecule has 1 aliphatic heterocycles. The second-order valence-corrected chi connectivity index (χ2v) is 6.73. The zero-order valence-corrected chi connectivity index (χ0v) is 14.7. The Kier molecular flexibility index (Phi) is 4.40. The first-order valence-corrected chi connectivity index (χ1v) is 8.84. The molecule has 4 rings (SSSR count). The Balaban J connectivity index is 1.53. The molecule has 0 spiro atoms. The van der Waals surface area contributed by atoms with Gasteiger partial charge in [0, 0.05) is 11.6 Å². The second kappa shape index (κ2) is 7.02. The molecule has 1 saturated heterocycles. The van der Waals surface area contributed by atoms with Gasteiger partial charge in [-0.05, 0) is 60.3 Å². The van der Waals surface area contributed by atoms with Crippen molar-refractivity contribution in [3.63, 3.8) is 0 Å². The summed E-state index contributed by atoms with van der Waals surface area (Å²) in [6, 6.07) is 16.0. The van der Waals surface area contributed by atoms with Crippen molar-refractivity contribution in [2.24, 2.45) is 0 Å². The van der Waals surface area contributed by atoms with Gasteiger partial charge in [-0.1, -0.05) is 0 Å². The number of furan rings is 2. The highest BCUT2D eigenvalue weighted by atomic mass is 32.2. The van der Waals surface area contributed by atoms with Crippen LogP contribution in [0, 0.1) is 11.3 Å². The van der Waals surface area contributed by atoms with Crippen molar-refractivity contribution >= 4 is 29.0 Å². The van der Waals surface area contributed by atoms with Gasteiger partial charge < -0.3 is 8.83 Å². The van der Waals surface area contributed by atoms with Gasteiger partial charge in [0.2, 0.25) is 0 Å². The Hall–Kier alpha value is -3.50. The highest BCUT2D eigenvalue weighted by molar-refractivity contribution is 8.18. The average Bonchev–Trinajstić information content (AvgIpc) is 3.41. The molecule has 3 heterocycles. The minimum absolute atomic E-state index is 0.101. The lowest BCUT2D eigenvalue weighted by molar-refractivity contribution is -0.123. The summed E-state index contributed by atoms with van der Waals surface area (Å²) in [7, 11) is 0. The van der Waals surface area contributed by atoms with E-state index in [1.54, 1.807) is 54.6 Å². The van der Waals surface area contributed by atoms with Gasteiger partial charge in [-0.15, -0.1) is 0 Å². The van der Waals surface area contributed by atoms with Crippen LogP contribution >= 0.6 is 11.8 Å². The van der Waals surface area contributed by atoms with E-state index in [2.05, 4.69) is 6.07 Å². The van der Waals surface area contributed by atoms with E-state index in [1.807, 2.05) is 0 Å². The predicted octanol–water partition coefficient (Wildman–Crippen LogP) is 4.65. The van der Waals surface area contributed by atoms with Crippen molar-refractivity contribution in [2.75, 3.05) is 0 Å². The molecule has 0 aliphatic carbocycles. The van der Waals surface area contributed by atoms with Gasteiger partial charge in [-0.2, -0.15) is 5.26 Å². The topological polar surface area (TPSA) is 87.5 Å². The molecule has 3 aromatic rings. The standard InChI is InChI=1S/C20H12N2O4S/c21-11-13-3-5-14(6-4-13)17-8-7-15(26-17)10-18-19(23)22(20(24)27-18)12-16-2-1-9-25-16/h1-10H,12H2/b18-10+. The van der Waals surface area contributed by atoms with Gasteiger partial charge in [0.15, 0.2) is 0 Å². The molecule has 1 fully saturated rings. The van der Waals surface area contributed by atoms with E-state index in [0.717, 1.165) is 22.2 Å². The number of rotatable bonds is 4. The minimum atomic E-state index is -0.377. The summed E-state index contributed by atoms with van der Waals surface area (Å²) < 4.78 is 11.0. The highest BCUT2D eigenvalue weighted by Gasteiger charge is 2.35. The second-order valence-electron chi connectivity index (χ2n) is 5.74. The molecule has 1 aliphatic rings. The number of nitrogens with zero attached hydrogens (tertiary/aromatic N) is 2. The summed E-state index contributed by atoms with van der Waals surface area (Å²) in [6.45, 7) is 0.101. The van der Waals surface area contributed by atoms with E-state index in [0.29, 0.717) is 27.7 Å². The first kappa shape index (κ1) is 16.9. The Labute approximate surface area is 158 Å². The Morgan fingerprint density at radius 1 is 1.11 bits per heavy atom. The van der Waals surface area contributed by atoms with E-state index in [9.17, 15) is 9.59 Å². The summed E-state index contributed by atoms with van der Waals surface area (Å²) in [6.07, 6.45) is 3.05. The van der Waals surface area contributed by atoms with E-state index < -0.39 is 0 Å². The normalized spacial score (nSPS) is 15.5. The Bertz CT molecular complexity index is 1070. The molecule has 2 aromatic heterocycles. The van der Waals surface area contributed by atoms with Gasteiger partial charge >= 0.3 is 0 Å². The van der Waals surface area contributed by atoms with Crippen LogP contribution in [-0.2, 0) is 11.3 Å². The quantitative estimate of drug-likeness (QED) is 0.616. The van der Waals surface area contributed by atoms with Crippen LogP contribution in [0.3, 0.4) is 0 Å². The van der Waals surface area contributed by atoms with Crippen molar-refractivity contribution in [3.05, 3.63) is 76.8 Å². The summed E-state index contributed by atoms with van der Waals surface area (Å²) in [5, 5.41) is 8.51. The van der Waals surface area contributed by atoms with Crippen molar-refractivity contribution in [3.8, 4) is 17.4 Å². The smallest absolute Gasteiger partial charge is 0.293 e. The van der Waals surface area contributed by atoms with E-state index in [-0.39, 0.29) is 17.7 Å². The fourth-order valence-electron chi connectivity index (χ4n) is 2.62. The number of benzene rings is 1. The van der Waals surface area contributed by atoms with E-state index in [4.69, 9.17) is 14.1 Å². The van der Waals surface area contributed by atoms with Crippen LogP contribution in [0.2, 0.25) is 0 Å². The van der Waals surface area contributed by atoms with Crippen molar-refractivity contribution < 1.29 is 18.4 Å². The SMILES string of the molecule is N#Cc1ccc(-c2ccc(/C=C3/SC(=O)N(Cc4ccco4)C3=O)o2)cc1. The summed E-state index contributed by atoms with van der Waals surface area (Å²) in [5.74, 6) is 1.25. The molecule has 0 N–H and O–H groups in total. The third-order valence-electron chi connectivity index (χ3n) is 3.97. The molecule has 2 amide bonds. The van der Waals surface area contributed by atoms with Crippen molar-refractivity contribution in [2.45, 2.75) is 6.54 Å². The number of hydrogen-bond acceptors (Lipinski definition) is 6. The van der Waals surface area contributed by atoms with Crippen molar-refractivity contribution in [1.82, 2.24) is 4.90 Å². The van der Waals surface area contributed by atoms with Crippen LogP contribution in [0.4, 0.5) is 4.79 Å². The maximum atomic E-state index is 12.5. The van der Waals surface area contributed by atoms with Crippen LogP contribution < -0.4 is 0 Å². The molecule has 1 aromatic carbocycles. The lowest BCUT2D eigenvalue weighted by Gasteiger charge is -2.09. The zero-order valence-electron chi connectivity index (χ0n) is 13.9. The maximum absolute atomic E-state index is 12.5. The van der Waals surface area contributed by atoms with E-state index >= 15 is 0 Å². The molecule has 0 unspecified atom stereocenters. The van der Waals surface area contributed by atoms with Crippen LogP contribution in [0.1, 0.15) is 17.1 Å². The fraction of sp³-hybridized carbons (Fsp3) is 0.0500. The number of carbonyl (C=O) groups is 2. The average molecular weight is 376 g/mol. The number of nitriles is 1. The number of imide groups is 1. The molecule has 7 heteroatoms. The third-order valence-corrected chi connectivity index (χ3v) is 4.87. The number of thioether (sulfide) groups is 1. The van der Waals surface area contributed by atoms with Gasteiger partial charge in [-0.25, -0.2) is 0 Å². The molecule has 132 valence electrons. The maximum Gasteiger partial charge on any atom is 0.293 e. The molecule has 6 nitrogen and oxygen atoms in total. The molecule has 0 atom stereocenters. The van der Waals surface area contributed by atoms with Crippen molar-refractivity contribution in [1.29, 1.82) is 5.26 Å². The summed E-state index contributed by atoms with van der Waals surface area (Å²) in [5.41, 5.74) is 1.38. The first-order valence-electron chi connectivity index (χ1n) is 8.02. The fourth-order valence-corrected chi connectivity index (χ4v) is 3.44. The van der Waals surface area contributed by atoms with Gasteiger partial charge in [-0.3, -0.25) is 14.5 Å². The Morgan fingerprint density at radius 2 is 1.93 bits per heavy atom. The Morgan fingerprint density at radius 3 is 2.63 bits per heavy atom. The number of carbonyl (C=O) groups excluding carboxylic acids is 2. The molecule has 0 saturated carbocycles. The molecule has 0 bridgehead atoms. The largest absolute Gasteiger partial charge is 0.467 e. The van der Waals surface area contributed by atoms with Gasteiger partial charge in [0.1, 0.15) is 17.3 Å². The number of hydrogen-bond donors (Lipinski definition) is 0. The van der Waals surface area contributed by atoms with Gasteiger partial charge in [0.25, 0.3) is 11.1 Å². The third kappa shape index (κ3) is 3.43. The van der Waals surface area contributed by atoms with Crippen LogP contribution in [-0.4, -0.2) is 16.0 Å². The minimum Gasteiger partial charge on any atom is -0.467 e. The van der Waals surface area contributed by atoms with Crippen LogP contribution in [0.5, 0.6) is 0 Å². The highest BCUT2D eigenvalue weighted by Crippen LogP contribution is 2.34. The molecular formula is C20H12N2O4S. The summed E-state index contributed by atoms with van der Waals surface area (Å²) in [4.78, 5) is 26.1. The van der Waals surface area contributed by atoms with Crippen LogP contribution in [0.15, 0.2) is 68.5 Å².